The Labute approximate surface area is 176 Å². The number of benzene rings is 3. The van der Waals surface area contributed by atoms with Gasteiger partial charge >= 0.3 is 6.09 Å². The highest BCUT2D eigenvalue weighted by Gasteiger charge is 2.53. The number of nitrogens with zero attached hydrogens (tertiary/aromatic N) is 1. The van der Waals surface area contributed by atoms with Gasteiger partial charge in [-0.25, -0.2) is 4.79 Å². The summed E-state index contributed by atoms with van der Waals surface area (Å²) in [5, 5.41) is 4.88. The Morgan fingerprint density at radius 1 is 1.00 bits per heavy atom. The largest absolute Gasteiger partial charge is 0.444 e. The first-order chi connectivity index (χ1) is 14.1. The van der Waals surface area contributed by atoms with Crippen LogP contribution >= 0.6 is 0 Å². The molecule has 0 spiro atoms. The molecule has 2 amide bonds. The summed E-state index contributed by atoms with van der Waals surface area (Å²) in [5.74, 6) is -0.217. The lowest BCUT2D eigenvalue weighted by Crippen LogP contribution is -2.54. The van der Waals surface area contributed by atoms with E-state index in [0.29, 0.717) is 0 Å². The zero-order chi connectivity index (χ0) is 21.7. The van der Waals surface area contributed by atoms with Crippen molar-refractivity contribution in [1.29, 1.82) is 0 Å². The predicted octanol–water partition coefficient (Wildman–Crippen LogP) is 4.89. The fourth-order valence-corrected chi connectivity index (χ4v) is 4.18. The number of likely N-dealkylation sites (N-methyl/N-ethyl adjacent to an activating group) is 1. The van der Waals surface area contributed by atoms with Crippen LogP contribution in [0.25, 0.3) is 10.8 Å². The Morgan fingerprint density at radius 3 is 2.43 bits per heavy atom. The fourth-order valence-electron chi connectivity index (χ4n) is 4.18. The van der Waals surface area contributed by atoms with Crippen LogP contribution < -0.4 is 10.2 Å². The highest BCUT2D eigenvalue weighted by molar-refractivity contribution is 6.13. The highest BCUT2D eigenvalue weighted by Crippen LogP contribution is 2.46. The summed E-state index contributed by atoms with van der Waals surface area (Å²) >= 11 is 0. The Morgan fingerprint density at radius 2 is 1.70 bits per heavy atom. The second-order valence-corrected chi connectivity index (χ2v) is 8.79. The first kappa shape index (κ1) is 20.0. The van der Waals surface area contributed by atoms with E-state index in [1.165, 1.54) is 0 Å². The van der Waals surface area contributed by atoms with Crippen molar-refractivity contribution in [2.45, 2.75) is 38.8 Å². The van der Waals surface area contributed by atoms with Crippen molar-refractivity contribution < 1.29 is 14.3 Å². The Hall–Kier alpha value is -3.34. The number of amides is 2. The van der Waals surface area contributed by atoms with Gasteiger partial charge in [0, 0.05) is 18.3 Å². The summed E-state index contributed by atoms with van der Waals surface area (Å²) in [5.41, 5.74) is 1.19. The molecule has 4 rings (SSSR count). The van der Waals surface area contributed by atoms with Crippen LogP contribution in [0.2, 0.25) is 0 Å². The molecule has 1 unspecified atom stereocenters. The number of aryl methyl sites for hydroxylation is 1. The molecule has 0 fully saturated rings. The third-order valence-electron chi connectivity index (χ3n) is 5.42. The molecule has 0 aliphatic carbocycles. The van der Waals surface area contributed by atoms with Crippen LogP contribution in [0.3, 0.4) is 0 Å². The van der Waals surface area contributed by atoms with Gasteiger partial charge < -0.3 is 9.64 Å². The van der Waals surface area contributed by atoms with E-state index in [9.17, 15) is 9.59 Å². The molecule has 0 aromatic heterocycles. The summed E-state index contributed by atoms with van der Waals surface area (Å²) in [7, 11) is 1.74. The number of rotatable bonds is 2. The zero-order valence-electron chi connectivity index (χ0n) is 17.9. The monoisotopic (exact) mass is 402 g/mol. The molecule has 5 nitrogen and oxygen atoms in total. The average Bonchev–Trinajstić information content (AvgIpc) is 2.88. The van der Waals surface area contributed by atoms with Gasteiger partial charge in [0.15, 0.2) is 5.54 Å². The van der Waals surface area contributed by atoms with Crippen molar-refractivity contribution in [1.82, 2.24) is 5.32 Å². The molecule has 3 aromatic rings. The topological polar surface area (TPSA) is 58.6 Å². The number of hydrogen-bond donors (Lipinski definition) is 1. The summed E-state index contributed by atoms with van der Waals surface area (Å²) < 4.78 is 5.57. The Bertz CT molecular complexity index is 1160. The molecule has 1 aliphatic rings. The van der Waals surface area contributed by atoms with Crippen molar-refractivity contribution in [2.24, 2.45) is 0 Å². The number of fused-ring (bicyclic) bond motifs is 2. The van der Waals surface area contributed by atoms with E-state index in [2.05, 4.69) is 5.32 Å². The SMILES string of the molecule is Cc1ccc2c(c1)C(NC(=O)OC(C)(C)C)(c1cccc3ccccc13)C(=O)N2C. The molecular weight excluding hydrogens is 376 g/mol. The molecule has 1 N–H and O–H groups in total. The second kappa shape index (κ2) is 6.87. The van der Waals surface area contributed by atoms with Crippen molar-refractivity contribution in [3.05, 3.63) is 77.4 Å². The van der Waals surface area contributed by atoms with Gasteiger partial charge in [0.05, 0.1) is 0 Å². The lowest BCUT2D eigenvalue weighted by molar-refractivity contribution is -0.122. The van der Waals surface area contributed by atoms with Gasteiger partial charge in [-0.15, -0.1) is 0 Å². The predicted molar refractivity (Wildman–Crippen MR) is 119 cm³/mol. The number of carbonyl (C=O) groups excluding carboxylic acids is 2. The number of hydrogen-bond acceptors (Lipinski definition) is 3. The van der Waals surface area contributed by atoms with Crippen LogP contribution in [-0.2, 0) is 15.1 Å². The molecule has 0 saturated heterocycles. The summed E-state index contributed by atoms with van der Waals surface area (Å²) in [6.45, 7) is 7.39. The zero-order valence-corrected chi connectivity index (χ0v) is 17.9. The van der Waals surface area contributed by atoms with Gasteiger partial charge in [-0.3, -0.25) is 10.1 Å². The second-order valence-electron chi connectivity index (χ2n) is 8.79. The third kappa shape index (κ3) is 3.11. The molecule has 0 bridgehead atoms. The first-order valence-corrected chi connectivity index (χ1v) is 10.0. The summed E-state index contributed by atoms with van der Waals surface area (Å²) in [4.78, 5) is 28.4. The Kier molecular flexibility index (Phi) is 4.57. The summed E-state index contributed by atoms with van der Waals surface area (Å²) in [6.07, 6.45) is -0.633. The van der Waals surface area contributed by atoms with Gasteiger partial charge in [-0.2, -0.15) is 0 Å². The minimum absolute atomic E-state index is 0.217. The van der Waals surface area contributed by atoms with E-state index in [1.807, 2.05) is 67.6 Å². The molecule has 1 heterocycles. The average molecular weight is 402 g/mol. The van der Waals surface area contributed by atoms with Crippen molar-refractivity contribution in [2.75, 3.05) is 11.9 Å². The highest BCUT2D eigenvalue weighted by atomic mass is 16.6. The van der Waals surface area contributed by atoms with Gasteiger partial charge in [-0.05, 0) is 50.1 Å². The number of anilines is 1. The van der Waals surface area contributed by atoms with Crippen LogP contribution in [0.5, 0.6) is 0 Å². The van der Waals surface area contributed by atoms with E-state index in [4.69, 9.17) is 4.74 Å². The molecule has 3 aromatic carbocycles. The molecule has 0 saturated carbocycles. The van der Waals surface area contributed by atoms with Crippen molar-refractivity contribution >= 4 is 28.5 Å². The standard InChI is InChI=1S/C25H26N2O3/c1-16-13-14-21-20(15-16)25(22(28)27(21)5,26-23(29)30-24(2,3)4)19-12-8-10-17-9-6-7-11-18(17)19/h6-15H,1-5H3,(H,26,29). The van der Waals surface area contributed by atoms with E-state index < -0.39 is 17.2 Å². The van der Waals surface area contributed by atoms with Gasteiger partial charge in [-0.1, -0.05) is 60.2 Å². The molecule has 30 heavy (non-hydrogen) atoms. The van der Waals surface area contributed by atoms with Crippen LogP contribution in [0.15, 0.2) is 60.7 Å². The van der Waals surface area contributed by atoms with Crippen LogP contribution in [0, 0.1) is 6.92 Å². The first-order valence-electron chi connectivity index (χ1n) is 10.0. The fraction of sp³-hybridized carbons (Fsp3) is 0.280. The molecule has 0 radical (unpaired) electrons. The van der Waals surface area contributed by atoms with Crippen molar-refractivity contribution in [3.63, 3.8) is 0 Å². The number of carbonyl (C=O) groups is 2. The lowest BCUT2D eigenvalue weighted by atomic mass is 9.81. The Balaban J connectivity index is 2.01. The van der Waals surface area contributed by atoms with Crippen LogP contribution in [-0.4, -0.2) is 24.6 Å². The summed E-state index contributed by atoms with van der Waals surface area (Å²) in [6, 6.07) is 19.6. The molecule has 1 aliphatic heterocycles. The molecule has 5 heteroatoms. The molecular formula is C25H26N2O3. The van der Waals surface area contributed by atoms with Crippen LogP contribution in [0.1, 0.15) is 37.5 Å². The number of ether oxygens (including phenoxy) is 1. The maximum absolute atomic E-state index is 13.8. The normalized spacial score (nSPS) is 18.4. The maximum atomic E-state index is 13.8. The minimum Gasteiger partial charge on any atom is -0.444 e. The number of alkyl carbamates (subject to hydrolysis) is 1. The van der Waals surface area contributed by atoms with Gasteiger partial charge in [0.2, 0.25) is 0 Å². The van der Waals surface area contributed by atoms with Gasteiger partial charge in [0.25, 0.3) is 5.91 Å². The maximum Gasteiger partial charge on any atom is 0.409 e. The van der Waals surface area contributed by atoms with Gasteiger partial charge in [0.1, 0.15) is 5.60 Å². The van der Waals surface area contributed by atoms with E-state index in [1.54, 1.807) is 32.7 Å². The molecule has 154 valence electrons. The van der Waals surface area contributed by atoms with Crippen molar-refractivity contribution in [3.8, 4) is 0 Å². The van der Waals surface area contributed by atoms with E-state index >= 15 is 0 Å². The van der Waals surface area contributed by atoms with E-state index in [0.717, 1.165) is 33.2 Å². The molecule has 1 atom stereocenters. The van der Waals surface area contributed by atoms with E-state index in [-0.39, 0.29) is 5.91 Å². The number of nitrogens with one attached hydrogen (secondary N) is 1. The smallest absolute Gasteiger partial charge is 0.409 e. The third-order valence-corrected chi connectivity index (χ3v) is 5.42. The quantitative estimate of drug-likeness (QED) is 0.664. The minimum atomic E-state index is -1.38. The lowest BCUT2D eigenvalue weighted by Gasteiger charge is -2.32. The van der Waals surface area contributed by atoms with Crippen LogP contribution in [0.4, 0.5) is 10.5 Å².